The average molecular weight is 460 g/mol. The van der Waals surface area contributed by atoms with Crippen LogP contribution in [0.1, 0.15) is 12.5 Å². The number of halogens is 1. The molecule has 0 saturated carbocycles. The average Bonchev–Trinajstić information content (AvgIpc) is 2.92. The maximum Gasteiger partial charge on any atom is 0.325 e. The molecule has 1 saturated heterocycles. The number of nitrogens with one attached hydrogen (secondary N) is 2. The first kappa shape index (κ1) is 19.3. The molecule has 2 aliphatic heterocycles. The van der Waals surface area contributed by atoms with Crippen LogP contribution in [-0.4, -0.2) is 42.5 Å². The van der Waals surface area contributed by atoms with Crippen molar-refractivity contribution in [2.24, 2.45) is 0 Å². The minimum Gasteiger partial charge on any atom is -0.486 e. The number of rotatable bonds is 4. The lowest BCUT2D eigenvalue weighted by molar-refractivity contribution is -0.133. The Kier molecular flexibility index (Phi) is 4.91. The molecule has 0 spiro atoms. The number of carbonyl (C=O) groups is 3. The van der Waals surface area contributed by atoms with Crippen LogP contribution in [0.15, 0.2) is 46.9 Å². The first-order valence-corrected chi connectivity index (χ1v) is 9.76. The third-order valence-corrected chi connectivity index (χ3v) is 5.30. The van der Waals surface area contributed by atoms with Crippen LogP contribution in [-0.2, 0) is 15.1 Å². The Hall–Kier alpha value is -3.07. The normalized spacial score (nSPS) is 20.4. The van der Waals surface area contributed by atoms with Gasteiger partial charge in [0, 0.05) is 16.2 Å². The Morgan fingerprint density at radius 2 is 1.93 bits per heavy atom. The Morgan fingerprint density at radius 1 is 1.17 bits per heavy atom. The number of nitrogens with zero attached hydrogens (tertiary/aromatic N) is 1. The first-order chi connectivity index (χ1) is 13.9. The van der Waals surface area contributed by atoms with E-state index in [9.17, 15) is 14.4 Å². The van der Waals surface area contributed by atoms with Crippen LogP contribution in [0.25, 0.3) is 0 Å². The molecule has 2 heterocycles. The largest absolute Gasteiger partial charge is 0.486 e. The molecule has 0 bridgehead atoms. The van der Waals surface area contributed by atoms with Crippen LogP contribution in [0, 0.1) is 0 Å². The van der Waals surface area contributed by atoms with Crippen molar-refractivity contribution in [1.29, 1.82) is 0 Å². The van der Waals surface area contributed by atoms with E-state index in [2.05, 4.69) is 26.6 Å². The number of carbonyl (C=O) groups excluding carboxylic acids is 3. The summed E-state index contributed by atoms with van der Waals surface area (Å²) in [4.78, 5) is 38.7. The van der Waals surface area contributed by atoms with Crippen LogP contribution >= 0.6 is 15.9 Å². The summed E-state index contributed by atoms with van der Waals surface area (Å²) >= 11 is 3.37. The Bertz CT molecular complexity index is 1010. The monoisotopic (exact) mass is 459 g/mol. The van der Waals surface area contributed by atoms with Crippen LogP contribution in [0.5, 0.6) is 11.5 Å². The molecule has 1 fully saturated rings. The summed E-state index contributed by atoms with van der Waals surface area (Å²) in [6.07, 6.45) is 0. The van der Waals surface area contributed by atoms with Crippen molar-refractivity contribution in [2.75, 3.05) is 25.1 Å². The van der Waals surface area contributed by atoms with Gasteiger partial charge in [-0.1, -0.05) is 28.1 Å². The molecule has 2 aromatic carbocycles. The summed E-state index contributed by atoms with van der Waals surface area (Å²) in [6.45, 7) is 2.12. The number of amides is 4. The molecule has 0 radical (unpaired) electrons. The topological polar surface area (TPSA) is 97.0 Å². The lowest BCUT2D eigenvalue weighted by Gasteiger charge is -2.22. The summed E-state index contributed by atoms with van der Waals surface area (Å²) in [6, 6.07) is 11.5. The van der Waals surface area contributed by atoms with Crippen LogP contribution < -0.4 is 20.1 Å². The number of ether oxygens (including phenoxy) is 2. The number of hydrogen-bond donors (Lipinski definition) is 2. The minimum absolute atomic E-state index is 0.400. The summed E-state index contributed by atoms with van der Waals surface area (Å²) in [7, 11) is 0. The third kappa shape index (κ3) is 3.65. The van der Waals surface area contributed by atoms with E-state index >= 15 is 0 Å². The van der Waals surface area contributed by atoms with Crippen molar-refractivity contribution in [1.82, 2.24) is 10.2 Å². The molecule has 2 aliphatic rings. The van der Waals surface area contributed by atoms with Crippen LogP contribution in [0.3, 0.4) is 0 Å². The number of fused-ring (bicyclic) bond motifs is 1. The van der Waals surface area contributed by atoms with E-state index in [1.807, 2.05) is 6.07 Å². The number of hydrogen-bond acceptors (Lipinski definition) is 5. The Morgan fingerprint density at radius 3 is 2.69 bits per heavy atom. The van der Waals surface area contributed by atoms with E-state index in [1.54, 1.807) is 43.3 Å². The fourth-order valence-corrected chi connectivity index (χ4v) is 3.70. The van der Waals surface area contributed by atoms with Gasteiger partial charge in [-0.05, 0) is 36.8 Å². The second kappa shape index (κ2) is 7.40. The lowest BCUT2D eigenvalue weighted by Crippen LogP contribution is -2.42. The smallest absolute Gasteiger partial charge is 0.325 e. The molecule has 4 rings (SSSR count). The van der Waals surface area contributed by atoms with Crippen molar-refractivity contribution in [3.63, 3.8) is 0 Å². The van der Waals surface area contributed by atoms with Crippen LogP contribution in [0.4, 0.5) is 10.5 Å². The predicted octanol–water partition coefficient (Wildman–Crippen LogP) is 2.63. The summed E-state index contributed by atoms with van der Waals surface area (Å²) in [5.74, 6) is 0.154. The molecule has 29 heavy (non-hydrogen) atoms. The molecule has 0 aromatic heterocycles. The molecule has 0 aliphatic carbocycles. The van der Waals surface area contributed by atoms with E-state index in [0.29, 0.717) is 36.0 Å². The van der Waals surface area contributed by atoms with Gasteiger partial charge in [-0.2, -0.15) is 0 Å². The highest BCUT2D eigenvalue weighted by molar-refractivity contribution is 9.10. The molecular formula is C20H18BrN3O5. The zero-order valence-corrected chi connectivity index (χ0v) is 17.1. The fraction of sp³-hybridized carbons (Fsp3) is 0.250. The first-order valence-electron chi connectivity index (χ1n) is 8.96. The van der Waals surface area contributed by atoms with Crippen LogP contribution in [0.2, 0.25) is 0 Å². The second-order valence-electron chi connectivity index (χ2n) is 6.86. The Balaban J connectivity index is 1.47. The summed E-state index contributed by atoms with van der Waals surface area (Å²) in [5.41, 5.74) is -0.126. The zero-order valence-electron chi connectivity index (χ0n) is 15.5. The van der Waals surface area contributed by atoms with E-state index < -0.39 is 29.9 Å². The summed E-state index contributed by atoms with van der Waals surface area (Å²) < 4.78 is 11.7. The van der Waals surface area contributed by atoms with Gasteiger partial charge in [-0.15, -0.1) is 0 Å². The van der Waals surface area contributed by atoms with Crippen molar-refractivity contribution in [3.8, 4) is 11.5 Å². The Labute approximate surface area is 175 Å². The number of urea groups is 1. The molecule has 8 nitrogen and oxygen atoms in total. The van der Waals surface area contributed by atoms with Crippen molar-refractivity contribution in [3.05, 3.63) is 52.5 Å². The molecule has 0 unspecified atom stereocenters. The van der Waals surface area contributed by atoms with Crippen molar-refractivity contribution in [2.45, 2.75) is 12.5 Å². The van der Waals surface area contributed by atoms with E-state index in [1.165, 1.54) is 0 Å². The quantitative estimate of drug-likeness (QED) is 0.684. The van der Waals surface area contributed by atoms with Gasteiger partial charge in [0.15, 0.2) is 11.5 Å². The zero-order chi connectivity index (χ0) is 20.6. The van der Waals surface area contributed by atoms with Gasteiger partial charge < -0.3 is 20.1 Å². The highest BCUT2D eigenvalue weighted by Crippen LogP contribution is 2.33. The van der Waals surface area contributed by atoms with Gasteiger partial charge in [0.25, 0.3) is 5.91 Å². The molecule has 9 heteroatoms. The number of anilines is 1. The highest BCUT2D eigenvalue weighted by atomic mass is 79.9. The van der Waals surface area contributed by atoms with Gasteiger partial charge in [-0.25, -0.2) is 4.79 Å². The summed E-state index contributed by atoms with van der Waals surface area (Å²) in [5, 5.41) is 5.36. The van der Waals surface area contributed by atoms with Gasteiger partial charge in [0.2, 0.25) is 5.91 Å². The highest BCUT2D eigenvalue weighted by Gasteiger charge is 2.49. The molecule has 150 valence electrons. The van der Waals surface area contributed by atoms with E-state index in [-0.39, 0.29) is 0 Å². The SMILES string of the molecule is C[C@@]1(c2cccc(Br)c2)NC(=O)N(CC(=O)Nc2ccc3c(c2)OCCO3)C1=O. The standard InChI is InChI=1S/C20H18BrN3O5/c1-20(12-3-2-4-13(21)9-12)18(26)24(19(27)23-20)11-17(25)22-14-5-6-15-16(10-14)29-8-7-28-15/h2-6,9-10H,7-8,11H2,1H3,(H,22,25)(H,23,27)/t20-/m0/s1. The predicted molar refractivity (Wildman–Crippen MR) is 108 cm³/mol. The van der Waals surface area contributed by atoms with Gasteiger partial charge in [0.05, 0.1) is 0 Å². The number of benzene rings is 2. The second-order valence-corrected chi connectivity index (χ2v) is 7.78. The molecule has 4 amide bonds. The molecular weight excluding hydrogens is 442 g/mol. The van der Waals surface area contributed by atoms with E-state index in [0.717, 1.165) is 9.37 Å². The maximum atomic E-state index is 12.9. The third-order valence-electron chi connectivity index (χ3n) is 4.80. The number of imide groups is 1. The lowest BCUT2D eigenvalue weighted by atomic mass is 9.92. The maximum absolute atomic E-state index is 12.9. The molecule has 2 aromatic rings. The van der Waals surface area contributed by atoms with Gasteiger partial charge >= 0.3 is 6.03 Å². The van der Waals surface area contributed by atoms with E-state index in [4.69, 9.17) is 9.47 Å². The van der Waals surface area contributed by atoms with Crippen molar-refractivity contribution >= 4 is 39.5 Å². The fourth-order valence-electron chi connectivity index (χ4n) is 3.30. The van der Waals surface area contributed by atoms with Gasteiger partial charge in [0.1, 0.15) is 25.3 Å². The molecule has 1 atom stereocenters. The molecule has 2 N–H and O–H groups in total. The minimum atomic E-state index is -1.24. The van der Waals surface area contributed by atoms with Crippen molar-refractivity contribution < 1.29 is 23.9 Å². The van der Waals surface area contributed by atoms with Gasteiger partial charge in [-0.3, -0.25) is 14.5 Å².